The average molecular weight is 901 g/mol. The maximum Gasteiger partial charge on any atom is 0.265 e. The number of benzene rings is 4. The number of fused-ring (bicyclic) bond motifs is 5. The molecule has 4 aliphatic heterocycles. The van der Waals surface area contributed by atoms with Gasteiger partial charge in [0, 0.05) is 25.2 Å². The number of hydrazine groups is 1. The van der Waals surface area contributed by atoms with Crippen molar-refractivity contribution in [1.29, 1.82) is 0 Å². The second-order valence-corrected chi connectivity index (χ2v) is 18.0. The van der Waals surface area contributed by atoms with Crippen LogP contribution in [0.2, 0.25) is 0 Å². The smallest absolute Gasteiger partial charge is 0.265 e. The maximum atomic E-state index is 14.7. The number of carbonyl (C=O) groups excluding carboxylic acids is 4. The molecule has 62 heavy (non-hydrogen) atoms. The number of imide groups is 2. The van der Waals surface area contributed by atoms with Gasteiger partial charge >= 0.3 is 0 Å². The van der Waals surface area contributed by atoms with Crippen LogP contribution in [0.4, 0.5) is 28.9 Å². The molecular formula is C40H36F4N6O10S2. The molecule has 6 atom stereocenters. The van der Waals surface area contributed by atoms with Crippen LogP contribution in [0, 0.1) is 35.1 Å². The zero-order chi connectivity index (χ0) is 44.7. The molecule has 0 aliphatic carbocycles. The molecule has 4 heterocycles. The summed E-state index contributed by atoms with van der Waals surface area (Å²) in [7, 11) is -7.18. The topological polar surface area (TPSA) is 192 Å². The number of anilines is 2. The van der Waals surface area contributed by atoms with Crippen molar-refractivity contribution < 1.29 is 63.0 Å². The van der Waals surface area contributed by atoms with Crippen molar-refractivity contribution in [2.45, 2.75) is 47.8 Å². The van der Waals surface area contributed by atoms with Gasteiger partial charge in [0.15, 0.2) is 0 Å². The molecule has 4 aliphatic rings. The number of halogens is 4. The first-order valence-electron chi connectivity index (χ1n) is 19.0. The van der Waals surface area contributed by atoms with Crippen molar-refractivity contribution in [1.82, 2.24) is 19.8 Å². The Bertz CT molecular complexity index is 2630. The van der Waals surface area contributed by atoms with Crippen molar-refractivity contribution in [3.8, 4) is 11.5 Å². The molecule has 4 saturated heterocycles. The van der Waals surface area contributed by atoms with Gasteiger partial charge in [0.1, 0.15) is 56.6 Å². The highest BCUT2D eigenvalue weighted by molar-refractivity contribution is 7.93. The normalized spacial score (nSPS) is 23.8. The van der Waals surface area contributed by atoms with Crippen LogP contribution in [-0.4, -0.2) is 99.7 Å². The molecule has 22 heteroatoms. The van der Waals surface area contributed by atoms with Gasteiger partial charge in [0.25, 0.3) is 20.0 Å². The summed E-state index contributed by atoms with van der Waals surface area (Å²) in [5.74, 6) is -10.3. The molecule has 4 amide bonds. The Morgan fingerprint density at radius 3 is 1.23 bits per heavy atom. The number of amides is 4. The van der Waals surface area contributed by atoms with Crippen LogP contribution in [-0.2, 0) is 39.2 Å². The van der Waals surface area contributed by atoms with Gasteiger partial charge in [-0.3, -0.25) is 38.4 Å². The predicted octanol–water partition coefficient (Wildman–Crippen LogP) is 3.94. The highest BCUT2D eigenvalue weighted by atomic mass is 32.2. The van der Waals surface area contributed by atoms with Crippen LogP contribution in [0.5, 0.6) is 11.5 Å². The van der Waals surface area contributed by atoms with Gasteiger partial charge in [-0.25, -0.2) is 44.4 Å². The maximum absolute atomic E-state index is 14.7. The Hall–Kier alpha value is -6.10. The van der Waals surface area contributed by atoms with E-state index in [1.165, 1.54) is 48.5 Å². The van der Waals surface area contributed by atoms with E-state index in [-0.39, 0.29) is 35.7 Å². The Morgan fingerprint density at radius 1 is 0.532 bits per heavy atom. The Balaban J connectivity index is 1.30. The van der Waals surface area contributed by atoms with Crippen molar-refractivity contribution in [2.24, 2.45) is 11.8 Å². The third-order valence-corrected chi connectivity index (χ3v) is 14.3. The van der Waals surface area contributed by atoms with Crippen LogP contribution in [0.15, 0.2) is 82.6 Å². The van der Waals surface area contributed by atoms with E-state index in [4.69, 9.17) is 9.47 Å². The zero-order valence-corrected chi connectivity index (χ0v) is 34.6. The Labute approximate surface area is 352 Å². The van der Waals surface area contributed by atoms with Crippen molar-refractivity contribution in [2.75, 3.05) is 36.8 Å². The number of carbonyl (C=O) groups is 4. The summed E-state index contributed by atoms with van der Waals surface area (Å²) in [5, 5.41) is 2.80. The lowest BCUT2D eigenvalue weighted by Crippen LogP contribution is -2.50. The number of likely N-dealkylation sites (tertiary alicyclic amines) is 2. The van der Waals surface area contributed by atoms with Crippen LogP contribution in [0.1, 0.15) is 37.1 Å². The lowest BCUT2D eigenvalue weighted by atomic mass is 9.84. The summed E-state index contributed by atoms with van der Waals surface area (Å²) >= 11 is 0. The summed E-state index contributed by atoms with van der Waals surface area (Å²) in [6.45, 7) is 2.94. The standard InChI is InChI=1S/C40H36F4N6O10S2/c1-5-47-37(51)31-33(19-7-13-27(59-3)29(15-19)61(55,56)45-25-11-9-21(41)17-23(25)43)50-36-32(38(52)48(6-2)40(36)54)34(49(50)35(31)39(47)53)20-8-14-28(60-4)30(16-20)62(57,58)46-26-12-10-22(42)18-24(26)44/h7-18,31-36,45-46H,5-6H2,1-4H3. The lowest BCUT2D eigenvalue weighted by molar-refractivity contribution is -0.152. The predicted molar refractivity (Wildman–Crippen MR) is 209 cm³/mol. The molecule has 16 nitrogen and oxygen atoms in total. The van der Waals surface area contributed by atoms with Crippen molar-refractivity contribution in [3.05, 3.63) is 107 Å². The van der Waals surface area contributed by atoms with Crippen LogP contribution >= 0.6 is 0 Å². The molecule has 6 unspecified atom stereocenters. The SMILES string of the molecule is CCN1C(=O)C2C(C1=O)N1C(c3ccc(OC)c(S(=O)(=O)Nc4ccc(F)cc4F)c3)C3C(=O)N(CC)C(=O)C3N1C2c1ccc(OC)c(S(=O)(=O)Nc2ccc(F)cc2F)c1. The minimum absolute atomic E-state index is 0.0560. The largest absolute Gasteiger partial charge is 0.495 e. The fourth-order valence-corrected chi connectivity index (χ4v) is 11.5. The number of ether oxygens (including phenoxy) is 2. The highest BCUT2D eigenvalue weighted by Crippen LogP contribution is 2.59. The highest BCUT2D eigenvalue weighted by Gasteiger charge is 2.73. The van der Waals surface area contributed by atoms with Gasteiger partial charge in [-0.15, -0.1) is 0 Å². The first kappa shape index (κ1) is 42.6. The molecule has 0 saturated carbocycles. The molecular weight excluding hydrogens is 865 g/mol. The average Bonchev–Trinajstić information content (AvgIpc) is 3.90. The Morgan fingerprint density at radius 2 is 0.903 bits per heavy atom. The van der Waals surface area contributed by atoms with Crippen LogP contribution < -0.4 is 18.9 Å². The molecule has 4 fully saturated rings. The number of likely N-dealkylation sites (N-methyl/N-ethyl adjacent to an activating group) is 2. The summed E-state index contributed by atoms with van der Waals surface area (Å²) < 4.78 is 128. The van der Waals surface area contributed by atoms with E-state index in [1.807, 2.05) is 0 Å². The van der Waals surface area contributed by atoms with E-state index in [9.17, 15) is 53.6 Å². The van der Waals surface area contributed by atoms with E-state index in [0.29, 0.717) is 12.1 Å². The van der Waals surface area contributed by atoms with E-state index >= 15 is 0 Å². The fourth-order valence-electron chi connectivity index (χ4n) is 8.96. The van der Waals surface area contributed by atoms with Gasteiger partial charge < -0.3 is 9.47 Å². The number of hydrogen-bond donors (Lipinski definition) is 2. The number of sulfonamides is 2. The molecule has 326 valence electrons. The van der Waals surface area contributed by atoms with Crippen molar-refractivity contribution >= 4 is 55.1 Å². The third-order valence-electron chi connectivity index (χ3n) is 11.5. The number of nitrogens with one attached hydrogen (secondary N) is 2. The first-order chi connectivity index (χ1) is 29.4. The molecule has 0 radical (unpaired) electrons. The minimum Gasteiger partial charge on any atom is -0.495 e. The number of rotatable bonds is 12. The second-order valence-electron chi connectivity index (χ2n) is 14.7. The summed E-state index contributed by atoms with van der Waals surface area (Å²) in [4.78, 5) is 58.3. The number of nitrogens with zero attached hydrogens (tertiary/aromatic N) is 4. The fraction of sp³-hybridized carbons (Fsp3) is 0.300. The van der Waals surface area contributed by atoms with Gasteiger partial charge in [-0.1, -0.05) is 12.1 Å². The lowest BCUT2D eigenvalue weighted by Gasteiger charge is -2.35. The van der Waals surface area contributed by atoms with Gasteiger partial charge in [0.05, 0.1) is 49.5 Å². The van der Waals surface area contributed by atoms with Crippen LogP contribution in [0.25, 0.3) is 0 Å². The van der Waals surface area contributed by atoms with Gasteiger partial charge in [-0.2, -0.15) is 0 Å². The summed E-state index contributed by atoms with van der Waals surface area (Å²) in [6.07, 6.45) is 0. The number of methoxy groups -OCH3 is 2. The monoisotopic (exact) mass is 900 g/mol. The molecule has 0 aromatic heterocycles. The molecule has 0 bridgehead atoms. The van der Waals surface area contributed by atoms with E-state index in [1.54, 1.807) is 13.8 Å². The number of hydrogen-bond acceptors (Lipinski definition) is 12. The van der Waals surface area contributed by atoms with Gasteiger partial charge in [0.2, 0.25) is 23.6 Å². The summed E-state index contributed by atoms with van der Waals surface area (Å²) in [5.41, 5.74) is -1.08. The minimum atomic E-state index is -4.76. The van der Waals surface area contributed by atoms with Crippen LogP contribution in [0.3, 0.4) is 0 Å². The third kappa shape index (κ3) is 6.54. The molecule has 4 aromatic carbocycles. The zero-order valence-electron chi connectivity index (χ0n) is 33.0. The van der Waals surface area contributed by atoms with Crippen molar-refractivity contribution in [3.63, 3.8) is 0 Å². The quantitative estimate of drug-likeness (QED) is 0.154. The summed E-state index contributed by atoms with van der Waals surface area (Å²) in [6, 6.07) is 6.47. The Kier molecular flexibility index (Phi) is 10.6. The molecule has 0 spiro atoms. The van der Waals surface area contributed by atoms with E-state index in [2.05, 4.69) is 9.44 Å². The van der Waals surface area contributed by atoms with E-state index in [0.717, 1.165) is 46.2 Å². The van der Waals surface area contributed by atoms with E-state index < -0.39 is 124 Å². The van der Waals surface area contributed by atoms with Gasteiger partial charge in [-0.05, 0) is 73.5 Å². The molecule has 8 rings (SSSR count). The second kappa shape index (κ2) is 15.4. The molecule has 2 N–H and O–H groups in total. The molecule has 4 aromatic rings. The first-order valence-corrected chi connectivity index (χ1v) is 21.9.